The normalized spacial score (nSPS) is 24.5. The lowest BCUT2D eigenvalue weighted by Crippen LogP contribution is -2.53. The Hall–Kier alpha value is -2.66. The fraction of sp³-hybridized carbons (Fsp3) is 0.438. The molecule has 146 valence electrons. The van der Waals surface area contributed by atoms with Crippen LogP contribution in [0, 0.1) is 0 Å². The minimum Gasteiger partial charge on any atom is -0.483 e. The Morgan fingerprint density at radius 2 is 2.15 bits per heavy atom. The van der Waals surface area contributed by atoms with Crippen molar-refractivity contribution in [2.45, 2.75) is 30.9 Å². The monoisotopic (exact) mass is 386 g/mol. The minimum atomic E-state index is -4.81. The molecule has 2 aliphatic rings. The number of H-pyrrole nitrogens is 1. The van der Waals surface area contributed by atoms with Crippen LogP contribution in [0.25, 0.3) is 10.9 Å². The summed E-state index contributed by atoms with van der Waals surface area (Å²) in [5.74, 6) is -0.599. The molecule has 2 aliphatic heterocycles. The van der Waals surface area contributed by atoms with Crippen molar-refractivity contribution in [1.29, 1.82) is 0 Å². The van der Waals surface area contributed by atoms with E-state index in [-0.39, 0.29) is 35.5 Å². The van der Waals surface area contributed by atoms with Gasteiger partial charge in [-0.2, -0.15) is 5.10 Å². The molecule has 1 aromatic carbocycles. The summed E-state index contributed by atoms with van der Waals surface area (Å²) in [4.78, 5) is 23.3. The van der Waals surface area contributed by atoms with Gasteiger partial charge in [0.1, 0.15) is 11.2 Å². The fourth-order valence-electron chi connectivity index (χ4n) is 3.73. The second-order valence-corrected chi connectivity index (χ2v) is 6.28. The topological polar surface area (TPSA) is 108 Å². The number of halogens is 3. The van der Waals surface area contributed by atoms with Crippen LogP contribution < -0.4 is 10.1 Å². The highest BCUT2D eigenvalue weighted by atomic mass is 19.4. The van der Waals surface area contributed by atoms with Gasteiger partial charge in [0, 0.05) is 24.0 Å². The van der Waals surface area contributed by atoms with Gasteiger partial charge in [0.05, 0.1) is 6.04 Å². The number of nitrogens with one attached hydrogen (secondary N) is 2. The maximum atomic E-state index is 12.9. The maximum absolute atomic E-state index is 12.9. The van der Waals surface area contributed by atoms with Crippen molar-refractivity contribution in [2.24, 2.45) is 0 Å². The van der Waals surface area contributed by atoms with Crippen molar-refractivity contribution in [3.8, 4) is 5.75 Å². The molecular weight excluding hydrogens is 369 g/mol. The van der Waals surface area contributed by atoms with Crippen LogP contribution in [0.5, 0.6) is 5.75 Å². The van der Waals surface area contributed by atoms with Gasteiger partial charge in [0.25, 0.3) is 6.47 Å². The Kier molecular flexibility index (Phi) is 5.07. The standard InChI is InChI=1S/C15H15F3N4O2.CH2O2/c1-22-7-5-9(19-6-7)13(22)14(23)12-8-3-2-4-10(11(8)20-21-12)24-15(16,17)18;2-1-3/h2-4,7,9,13,19H,5-6H2,1H3,(H,20,21);1H,(H,2,3)/t7-,9+,13?;/m0./s1. The summed E-state index contributed by atoms with van der Waals surface area (Å²) in [5, 5.41) is 17.0. The van der Waals surface area contributed by atoms with Crippen molar-refractivity contribution in [3.05, 3.63) is 23.9 Å². The number of alkyl halides is 3. The number of rotatable bonds is 3. The van der Waals surface area contributed by atoms with Crippen LogP contribution >= 0.6 is 0 Å². The number of likely N-dealkylation sites (N-methyl/N-ethyl adjacent to an activating group) is 1. The number of nitrogens with zero attached hydrogens (tertiary/aromatic N) is 2. The molecule has 2 aromatic rings. The number of likely N-dealkylation sites (tertiary alicyclic amines) is 1. The van der Waals surface area contributed by atoms with Gasteiger partial charge in [-0.05, 0) is 19.5 Å². The van der Waals surface area contributed by atoms with Gasteiger partial charge in [-0.15, -0.1) is 13.2 Å². The number of para-hydroxylation sites is 1. The van der Waals surface area contributed by atoms with Crippen molar-refractivity contribution < 1.29 is 32.6 Å². The summed E-state index contributed by atoms with van der Waals surface area (Å²) in [5.41, 5.74) is 0.209. The fourth-order valence-corrected chi connectivity index (χ4v) is 3.73. The average Bonchev–Trinajstić information content (AvgIpc) is 3.28. The van der Waals surface area contributed by atoms with Crippen LogP contribution in [0.3, 0.4) is 0 Å². The van der Waals surface area contributed by atoms with E-state index >= 15 is 0 Å². The SMILES string of the molecule is CN1C(C(=O)c2n[nH]c3c(OC(F)(F)F)cccc23)[C@H]2C[C@H]1CN2.O=CO. The van der Waals surface area contributed by atoms with Crippen LogP contribution in [0.4, 0.5) is 13.2 Å². The lowest BCUT2D eigenvalue weighted by atomic mass is 10.0. The Bertz CT molecular complexity index is 852. The molecule has 3 heterocycles. The number of hydrogen-bond donors (Lipinski definition) is 3. The van der Waals surface area contributed by atoms with Crippen LogP contribution in [0.1, 0.15) is 16.9 Å². The Morgan fingerprint density at radius 3 is 2.74 bits per heavy atom. The lowest BCUT2D eigenvalue weighted by molar-refractivity contribution is -0.274. The first-order chi connectivity index (χ1) is 12.8. The zero-order chi connectivity index (χ0) is 19.8. The highest BCUT2D eigenvalue weighted by molar-refractivity contribution is 6.09. The van der Waals surface area contributed by atoms with Crippen LogP contribution in [-0.4, -0.2) is 70.5 Å². The molecule has 2 bridgehead atoms. The zero-order valence-electron chi connectivity index (χ0n) is 14.2. The zero-order valence-corrected chi connectivity index (χ0v) is 14.2. The highest BCUT2D eigenvalue weighted by Crippen LogP contribution is 2.34. The van der Waals surface area contributed by atoms with E-state index in [9.17, 15) is 18.0 Å². The van der Waals surface area contributed by atoms with Gasteiger partial charge in [-0.25, -0.2) is 0 Å². The second kappa shape index (κ2) is 7.16. The number of aromatic nitrogens is 2. The van der Waals surface area contributed by atoms with E-state index in [0.717, 1.165) is 13.0 Å². The molecule has 2 fully saturated rings. The number of carbonyl (C=O) groups is 2. The molecule has 27 heavy (non-hydrogen) atoms. The third-order valence-corrected chi connectivity index (χ3v) is 4.83. The van der Waals surface area contributed by atoms with E-state index in [4.69, 9.17) is 9.90 Å². The predicted octanol–water partition coefficient (Wildman–Crippen LogP) is 1.39. The first-order valence-corrected chi connectivity index (χ1v) is 8.07. The largest absolute Gasteiger partial charge is 0.573 e. The van der Waals surface area contributed by atoms with Gasteiger partial charge < -0.3 is 15.2 Å². The predicted molar refractivity (Wildman–Crippen MR) is 87.5 cm³/mol. The van der Waals surface area contributed by atoms with Gasteiger partial charge in [0.2, 0.25) is 5.78 Å². The van der Waals surface area contributed by atoms with Crippen molar-refractivity contribution >= 4 is 23.2 Å². The van der Waals surface area contributed by atoms with E-state index < -0.39 is 12.1 Å². The Morgan fingerprint density at radius 1 is 1.44 bits per heavy atom. The molecule has 2 saturated heterocycles. The first kappa shape index (κ1) is 19.1. The summed E-state index contributed by atoms with van der Waals surface area (Å²) < 4.78 is 41.5. The van der Waals surface area contributed by atoms with Crippen molar-refractivity contribution in [1.82, 2.24) is 20.4 Å². The summed E-state index contributed by atoms with van der Waals surface area (Å²) >= 11 is 0. The highest BCUT2D eigenvalue weighted by Gasteiger charge is 2.48. The molecule has 1 aromatic heterocycles. The Balaban J connectivity index is 0.000000659. The van der Waals surface area contributed by atoms with E-state index in [1.165, 1.54) is 12.1 Å². The average molecular weight is 386 g/mol. The molecular formula is C16H17F3N4O4. The molecule has 0 radical (unpaired) electrons. The Labute approximate surface area is 151 Å². The third-order valence-electron chi connectivity index (χ3n) is 4.83. The van der Waals surface area contributed by atoms with Gasteiger partial charge in [-0.3, -0.25) is 19.6 Å². The molecule has 0 amide bonds. The summed E-state index contributed by atoms with van der Waals surface area (Å²) in [7, 11) is 1.89. The molecule has 3 N–H and O–H groups in total. The van der Waals surface area contributed by atoms with Gasteiger partial charge in [0.15, 0.2) is 5.75 Å². The summed E-state index contributed by atoms with van der Waals surface area (Å²) in [6, 6.07) is 4.16. The number of piperazine rings is 1. The molecule has 8 nitrogen and oxygen atoms in total. The van der Waals surface area contributed by atoms with Crippen LogP contribution in [0.2, 0.25) is 0 Å². The number of ether oxygens (including phenoxy) is 1. The molecule has 0 spiro atoms. The number of Topliss-reactive ketones (excluding diaryl/α,β-unsaturated/α-hetero) is 1. The second-order valence-electron chi connectivity index (χ2n) is 6.28. The molecule has 11 heteroatoms. The summed E-state index contributed by atoms with van der Waals surface area (Å²) in [6.45, 7) is 0.593. The quantitative estimate of drug-likeness (QED) is 0.540. The summed E-state index contributed by atoms with van der Waals surface area (Å²) in [6.07, 6.45) is -3.92. The lowest BCUT2D eigenvalue weighted by Gasteiger charge is -2.30. The molecule has 1 unspecified atom stereocenters. The van der Waals surface area contributed by atoms with Crippen molar-refractivity contribution in [3.63, 3.8) is 0 Å². The van der Waals surface area contributed by atoms with Crippen LogP contribution in [-0.2, 0) is 4.79 Å². The van der Waals surface area contributed by atoms with Crippen molar-refractivity contribution in [2.75, 3.05) is 13.6 Å². The first-order valence-electron chi connectivity index (χ1n) is 8.07. The van der Waals surface area contributed by atoms with E-state index in [2.05, 4.69) is 20.3 Å². The number of fused-ring (bicyclic) bond motifs is 3. The van der Waals surface area contributed by atoms with E-state index in [1.807, 2.05) is 11.9 Å². The van der Waals surface area contributed by atoms with E-state index in [1.54, 1.807) is 6.07 Å². The maximum Gasteiger partial charge on any atom is 0.573 e. The molecule has 0 aliphatic carbocycles. The van der Waals surface area contributed by atoms with Crippen LogP contribution in [0.15, 0.2) is 18.2 Å². The van der Waals surface area contributed by atoms with Gasteiger partial charge >= 0.3 is 6.36 Å². The smallest absolute Gasteiger partial charge is 0.483 e. The van der Waals surface area contributed by atoms with E-state index in [0.29, 0.717) is 11.4 Å². The molecule has 4 rings (SSSR count). The number of hydrogen-bond acceptors (Lipinski definition) is 6. The number of carbonyl (C=O) groups excluding carboxylic acids is 1. The number of benzene rings is 1. The number of carboxylic acid groups (broad SMARTS) is 1. The molecule has 0 saturated carbocycles. The third kappa shape index (κ3) is 3.60. The number of ketones is 1. The minimum absolute atomic E-state index is 0.0499. The van der Waals surface area contributed by atoms with Gasteiger partial charge in [-0.1, -0.05) is 12.1 Å². The molecule has 3 atom stereocenters. The number of aromatic amines is 1.